The molecule has 0 aromatic carbocycles. The largest absolute Gasteiger partial charge is 0.335 e. The number of aromatic amines is 2. The van der Waals surface area contributed by atoms with Crippen LogP contribution in [-0.4, -0.2) is 25.1 Å². The zero-order chi connectivity index (χ0) is 9.38. The molecule has 14 heavy (non-hydrogen) atoms. The highest BCUT2D eigenvalue weighted by Gasteiger charge is 2.05. The number of imidazole rings is 1. The van der Waals surface area contributed by atoms with E-state index in [1.165, 1.54) is 0 Å². The molecule has 0 saturated heterocycles. The third-order valence-electron chi connectivity index (χ3n) is 2.01. The second-order valence-corrected chi connectivity index (χ2v) is 2.93. The van der Waals surface area contributed by atoms with Crippen LogP contribution in [0.3, 0.4) is 0 Å². The molecule has 0 bridgehead atoms. The number of pyridine rings is 1. The standard InChI is InChI=1S/C9H7N5/c1-2-6-8(10-4-1)13-9(12-6)7-3-5-11-14-7/h1-5H,(H,11,14)(H,10,12,13). The van der Waals surface area contributed by atoms with Crippen molar-refractivity contribution >= 4 is 11.2 Å². The molecule has 0 atom stereocenters. The molecule has 5 heteroatoms. The minimum atomic E-state index is 0.720. The summed E-state index contributed by atoms with van der Waals surface area (Å²) in [5.74, 6) is 0.760. The first-order chi connectivity index (χ1) is 6.93. The number of aromatic nitrogens is 5. The van der Waals surface area contributed by atoms with Crippen molar-refractivity contribution in [2.75, 3.05) is 0 Å². The monoisotopic (exact) mass is 185 g/mol. The number of hydrogen-bond donors (Lipinski definition) is 2. The Morgan fingerprint density at radius 2 is 2.14 bits per heavy atom. The highest BCUT2D eigenvalue weighted by atomic mass is 15.1. The Hall–Kier alpha value is -2.17. The van der Waals surface area contributed by atoms with Crippen LogP contribution in [-0.2, 0) is 0 Å². The van der Waals surface area contributed by atoms with Crippen LogP contribution in [0.4, 0.5) is 0 Å². The first-order valence-electron chi connectivity index (χ1n) is 4.24. The van der Waals surface area contributed by atoms with Crippen molar-refractivity contribution in [2.45, 2.75) is 0 Å². The van der Waals surface area contributed by atoms with Gasteiger partial charge in [0.05, 0.1) is 5.52 Å². The maximum atomic E-state index is 4.32. The molecule has 68 valence electrons. The van der Waals surface area contributed by atoms with E-state index in [1.54, 1.807) is 12.4 Å². The van der Waals surface area contributed by atoms with Crippen LogP contribution in [0, 0.1) is 0 Å². The van der Waals surface area contributed by atoms with Gasteiger partial charge in [-0.2, -0.15) is 5.10 Å². The highest BCUT2D eigenvalue weighted by molar-refractivity contribution is 5.74. The molecule has 0 unspecified atom stereocenters. The van der Waals surface area contributed by atoms with Crippen LogP contribution < -0.4 is 0 Å². The second-order valence-electron chi connectivity index (χ2n) is 2.93. The van der Waals surface area contributed by atoms with E-state index in [0.717, 1.165) is 22.7 Å². The van der Waals surface area contributed by atoms with Crippen molar-refractivity contribution in [3.63, 3.8) is 0 Å². The zero-order valence-corrected chi connectivity index (χ0v) is 7.23. The summed E-state index contributed by atoms with van der Waals surface area (Å²) < 4.78 is 0. The van der Waals surface area contributed by atoms with Crippen LogP contribution in [0.5, 0.6) is 0 Å². The summed E-state index contributed by atoms with van der Waals surface area (Å²) in [4.78, 5) is 11.6. The van der Waals surface area contributed by atoms with Crippen LogP contribution in [0.1, 0.15) is 0 Å². The highest BCUT2D eigenvalue weighted by Crippen LogP contribution is 2.15. The molecule has 3 heterocycles. The lowest BCUT2D eigenvalue weighted by Crippen LogP contribution is -1.79. The lowest BCUT2D eigenvalue weighted by atomic mass is 10.4. The molecular formula is C9H7N5. The molecule has 3 aromatic rings. The molecule has 0 aliphatic rings. The van der Waals surface area contributed by atoms with Crippen molar-refractivity contribution in [2.24, 2.45) is 0 Å². The van der Waals surface area contributed by atoms with E-state index in [9.17, 15) is 0 Å². The van der Waals surface area contributed by atoms with E-state index < -0.39 is 0 Å². The summed E-state index contributed by atoms with van der Waals surface area (Å²) >= 11 is 0. The van der Waals surface area contributed by atoms with Gasteiger partial charge in [0.15, 0.2) is 11.5 Å². The van der Waals surface area contributed by atoms with Gasteiger partial charge in [-0.3, -0.25) is 5.10 Å². The normalized spacial score (nSPS) is 10.9. The number of fused-ring (bicyclic) bond motifs is 1. The summed E-state index contributed by atoms with van der Waals surface area (Å²) in [6.45, 7) is 0. The average Bonchev–Trinajstić information content (AvgIpc) is 2.86. The van der Waals surface area contributed by atoms with Crippen LogP contribution in [0.2, 0.25) is 0 Å². The maximum Gasteiger partial charge on any atom is 0.178 e. The minimum absolute atomic E-state index is 0.720. The van der Waals surface area contributed by atoms with E-state index >= 15 is 0 Å². The Bertz CT molecular complexity index is 518. The Balaban J connectivity index is 2.24. The number of H-pyrrole nitrogens is 2. The minimum Gasteiger partial charge on any atom is -0.335 e. The lowest BCUT2D eigenvalue weighted by molar-refractivity contribution is 1.08. The SMILES string of the molecule is c1cnc2nc(-c3ccn[nH]3)[nH]c2c1. The van der Waals surface area contributed by atoms with E-state index in [1.807, 2.05) is 18.2 Å². The van der Waals surface area contributed by atoms with Crippen molar-refractivity contribution in [3.05, 3.63) is 30.6 Å². The molecule has 0 saturated carbocycles. The van der Waals surface area contributed by atoms with Gasteiger partial charge in [-0.1, -0.05) is 0 Å². The van der Waals surface area contributed by atoms with Gasteiger partial charge in [-0.25, -0.2) is 9.97 Å². The van der Waals surface area contributed by atoms with E-state index in [-0.39, 0.29) is 0 Å². The van der Waals surface area contributed by atoms with Crippen molar-refractivity contribution in [1.82, 2.24) is 25.1 Å². The first kappa shape index (κ1) is 7.25. The molecule has 0 fully saturated rings. The van der Waals surface area contributed by atoms with Gasteiger partial charge in [0.2, 0.25) is 0 Å². The van der Waals surface area contributed by atoms with Crippen LogP contribution in [0.25, 0.3) is 22.7 Å². The predicted molar refractivity (Wildman–Crippen MR) is 51.5 cm³/mol. The molecule has 0 aliphatic heterocycles. The quantitative estimate of drug-likeness (QED) is 0.601. The summed E-state index contributed by atoms with van der Waals surface area (Å²) in [6, 6.07) is 5.67. The van der Waals surface area contributed by atoms with Crippen molar-refractivity contribution in [1.29, 1.82) is 0 Å². The van der Waals surface area contributed by atoms with Crippen LogP contribution >= 0.6 is 0 Å². The fraction of sp³-hybridized carbons (Fsp3) is 0. The molecule has 2 N–H and O–H groups in total. The van der Waals surface area contributed by atoms with Gasteiger partial charge in [0.25, 0.3) is 0 Å². The Kier molecular flexibility index (Phi) is 1.38. The van der Waals surface area contributed by atoms with Gasteiger partial charge in [-0.15, -0.1) is 0 Å². The van der Waals surface area contributed by atoms with Gasteiger partial charge < -0.3 is 4.98 Å². The van der Waals surface area contributed by atoms with E-state index in [0.29, 0.717) is 0 Å². The summed E-state index contributed by atoms with van der Waals surface area (Å²) in [7, 11) is 0. The smallest absolute Gasteiger partial charge is 0.178 e. The van der Waals surface area contributed by atoms with E-state index in [4.69, 9.17) is 0 Å². The fourth-order valence-electron chi connectivity index (χ4n) is 1.36. The van der Waals surface area contributed by atoms with Gasteiger partial charge >= 0.3 is 0 Å². The number of hydrogen-bond acceptors (Lipinski definition) is 3. The first-order valence-corrected chi connectivity index (χ1v) is 4.24. The average molecular weight is 185 g/mol. The lowest BCUT2D eigenvalue weighted by Gasteiger charge is -1.85. The zero-order valence-electron chi connectivity index (χ0n) is 7.23. The molecule has 5 nitrogen and oxygen atoms in total. The fourth-order valence-corrected chi connectivity index (χ4v) is 1.36. The molecule has 0 radical (unpaired) electrons. The number of rotatable bonds is 1. The van der Waals surface area contributed by atoms with Gasteiger partial charge in [0.1, 0.15) is 5.69 Å². The van der Waals surface area contributed by atoms with Crippen molar-refractivity contribution in [3.8, 4) is 11.5 Å². The van der Waals surface area contributed by atoms with Gasteiger partial charge in [0, 0.05) is 12.4 Å². The van der Waals surface area contributed by atoms with Gasteiger partial charge in [-0.05, 0) is 18.2 Å². The Labute approximate surface area is 79.2 Å². The molecule has 3 aromatic heterocycles. The molecule has 3 rings (SSSR count). The summed E-state index contributed by atoms with van der Waals surface area (Å²) in [5.41, 5.74) is 2.51. The molecule has 0 spiro atoms. The second kappa shape index (κ2) is 2.66. The molecular weight excluding hydrogens is 178 g/mol. The van der Waals surface area contributed by atoms with Crippen molar-refractivity contribution < 1.29 is 0 Å². The Morgan fingerprint density at radius 3 is 2.93 bits per heavy atom. The molecule has 0 aliphatic carbocycles. The number of nitrogens with one attached hydrogen (secondary N) is 2. The maximum absolute atomic E-state index is 4.32. The number of nitrogens with zero attached hydrogens (tertiary/aromatic N) is 3. The third-order valence-corrected chi connectivity index (χ3v) is 2.01. The Morgan fingerprint density at radius 1 is 1.14 bits per heavy atom. The predicted octanol–water partition coefficient (Wildman–Crippen LogP) is 1.35. The summed E-state index contributed by atoms with van der Waals surface area (Å²) in [6.07, 6.45) is 3.41. The third kappa shape index (κ3) is 0.990. The topological polar surface area (TPSA) is 70.2 Å². The van der Waals surface area contributed by atoms with Crippen LogP contribution in [0.15, 0.2) is 30.6 Å². The molecule has 0 amide bonds. The summed E-state index contributed by atoms with van der Waals surface area (Å²) in [5, 5.41) is 6.71. The van der Waals surface area contributed by atoms with E-state index in [2.05, 4.69) is 25.1 Å².